The molecule has 3 aromatic rings. The Labute approximate surface area is 172 Å². The highest BCUT2D eigenvalue weighted by Crippen LogP contribution is 2.25. The molecule has 0 saturated carbocycles. The molecule has 0 aliphatic rings. The highest BCUT2D eigenvalue weighted by Gasteiger charge is 2.12. The van der Waals surface area contributed by atoms with E-state index in [0.717, 1.165) is 34.1 Å². The quantitative estimate of drug-likeness (QED) is 0.585. The second-order valence-corrected chi connectivity index (χ2v) is 7.84. The zero-order chi connectivity index (χ0) is 20.3. The third-order valence-corrected chi connectivity index (χ3v) is 5.11. The number of hydrogen-bond acceptors (Lipinski definition) is 5. The molecule has 0 aliphatic heterocycles. The number of fused-ring (bicyclic) bond motifs is 1. The lowest BCUT2D eigenvalue weighted by Crippen LogP contribution is -2.34. The predicted molar refractivity (Wildman–Crippen MR) is 112 cm³/mol. The number of nitrogens with zero attached hydrogens (tertiary/aromatic N) is 1. The molecule has 3 rings (SSSR count). The second-order valence-electron chi connectivity index (χ2n) is 6.48. The van der Waals surface area contributed by atoms with Gasteiger partial charge >= 0.3 is 0 Å². The van der Waals surface area contributed by atoms with Crippen molar-refractivity contribution in [3.8, 4) is 0 Å². The molecular formula is C20H20ClN3O3S. The van der Waals surface area contributed by atoms with E-state index in [1.54, 1.807) is 18.2 Å². The van der Waals surface area contributed by atoms with Crippen molar-refractivity contribution in [2.75, 3.05) is 17.6 Å². The molecule has 0 saturated heterocycles. The second kappa shape index (κ2) is 8.67. The molecule has 0 spiro atoms. The van der Waals surface area contributed by atoms with Crippen molar-refractivity contribution >= 4 is 52.0 Å². The Balaban J connectivity index is 1.49. The van der Waals surface area contributed by atoms with Gasteiger partial charge in [-0.25, -0.2) is 4.98 Å². The summed E-state index contributed by atoms with van der Waals surface area (Å²) in [6, 6.07) is 9.15. The van der Waals surface area contributed by atoms with Gasteiger partial charge in [0.2, 0.25) is 11.8 Å². The van der Waals surface area contributed by atoms with Gasteiger partial charge in [0.1, 0.15) is 5.52 Å². The van der Waals surface area contributed by atoms with Crippen LogP contribution in [0.1, 0.15) is 16.7 Å². The van der Waals surface area contributed by atoms with Crippen LogP contribution in [-0.2, 0) is 9.59 Å². The van der Waals surface area contributed by atoms with Crippen LogP contribution in [0.5, 0.6) is 0 Å². The molecule has 2 aromatic carbocycles. The number of aromatic nitrogens is 1. The topological polar surface area (TPSA) is 84.2 Å². The van der Waals surface area contributed by atoms with Gasteiger partial charge in [0.25, 0.3) is 5.22 Å². The number of carbonyl (C=O) groups excluding carboxylic acids is 2. The SMILES string of the molecule is Cc1cc(C)c(NC(=O)CNC(=O)CSc2nc3cc(Cl)ccc3o2)c(C)c1. The summed E-state index contributed by atoms with van der Waals surface area (Å²) in [4.78, 5) is 28.4. The maximum absolute atomic E-state index is 12.2. The van der Waals surface area contributed by atoms with Gasteiger partial charge in [-0.1, -0.05) is 41.1 Å². The first-order chi connectivity index (χ1) is 13.3. The largest absolute Gasteiger partial charge is 0.431 e. The van der Waals surface area contributed by atoms with Crippen molar-refractivity contribution in [3.05, 3.63) is 52.0 Å². The highest BCUT2D eigenvalue weighted by molar-refractivity contribution is 7.99. The molecule has 0 radical (unpaired) electrons. The van der Waals surface area contributed by atoms with Crippen molar-refractivity contribution in [1.29, 1.82) is 0 Å². The lowest BCUT2D eigenvalue weighted by atomic mass is 10.1. The average Bonchev–Trinajstić information content (AvgIpc) is 3.03. The summed E-state index contributed by atoms with van der Waals surface area (Å²) in [5.74, 6) is -0.459. The van der Waals surface area contributed by atoms with Crippen LogP contribution >= 0.6 is 23.4 Å². The lowest BCUT2D eigenvalue weighted by molar-refractivity contribution is -0.122. The average molecular weight is 418 g/mol. The van der Waals surface area contributed by atoms with Gasteiger partial charge in [-0.05, 0) is 50.1 Å². The summed E-state index contributed by atoms with van der Waals surface area (Å²) < 4.78 is 5.55. The molecule has 0 atom stereocenters. The lowest BCUT2D eigenvalue weighted by Gasteiger charge is -2.13. The number of oxazole rings is 1. The summed E-state index contributed by atoms with van der Waals surface area (Å²) >= 11 is 7.08. The van der Waals surface area contributed by atoms with Gasteiger partial charge in [0.15, 0.2) is 5.58 Å². The standard InChI is InChI=1S/C20H20ClN3O3S/c1-11-6-12(2)19(13(3)7-11)24-17(25)9-22-18(26)10-28-20-23-15-8-14(21)4-5-16(15)27-20/h4-8H,9-10H2,1-3H3,(H,22,26)(H,24,25). The number of rotatable bonds is 6. The van der Waals surface area contributed by atoms with Crippen LogP contribution in [0.15, 0.2) is 40.0 Å². The predicted octanol–water partition coefficient (Wildman–Crippen LogP) is 4.25. The van der Waals surface area contributed by atoms with Crippen LogP contribution < -0.4 is 10.6 Å². The number of aryl methyl sites for hydroxylation is 3. The van der Waals surface area contributed by atoms with Crippen molar-refractivity contribution in [1.82, 2.24) is 10.3 Å². The van der Waals surface area contributed by atoms with Gasteiger partial charge in [-0.3, -0.25) is 9.59 Å². The number of benzene rings is 2. The molecular weight excluding hydrogens is 398 g/mol. The van der Waals surface area contributed by atoms with Crippen molar-refractivity contribution in [3.63, 3.8) is 0 Å². The molecule has 2 N–H and O–H groups in total. The van der Waals surface area contributed by atoms with Crippen LogP contribution in [-0.4, -0.2) is 29.1 Å². The molecule has 0 fully saturated rings. The molecule has 2 amide bonds. The molecule has 28 heavy (non-hydrogen) atoms. The Morgan fingerprint density at radius 2 is 1.82 bits per heavy atom. The van der Waals surface area contributed by atoms with Gasteiger partial charge in [0.05, 0.1) is 12.3 Å². The molecule has 8 heteroatoms. The monoisotopic (exact) mass is 417 g/mol. The summed E-state index contributed by atoms with van der Waals surface area (Å²) in [6.07, 6.45) is 0. The van der Waals surface area contributed by atoms with E-state index in [2.05, 4.69) is 15.6 Å². The minimum atomic E-state index is -0.280. The van der Waals surface area contributed by atoms with E-state index in [1.165, 1.54) is 0 Å². The number of thioether (sulfide) groups is 1. The van der Waals surface area contributed by atoms with E-state index in [9.17, 15) is 9.59 Å². The van der Waals surface area contributed by atoms with E-state index in [4.69, 9.17) is 16.0 Å². The van der Waals surface area contributed by atoms with Gasteiger partial charge in [0, 0.05) is 10.7 Å². The van der Waals surface area contributed by atoms with E-state index in [-0.39, 0.29) is 24.1 Å². The zero-order valence-electron chi connectivity index (χ0n) is 15.8. The summed E-state index contributed by atoms with van der Waals surface area (Å²) in [7, 11) is 0. The van der Waals surface area contributed by atoms with E-state index in [0.29, 0.717) is 21.3 Å². The summed E-state index contributed by atoms with van der Waals surface area (Å²) in [6.45, 7) is 5.79. The van der Waals surface area contributed by atoms with Gasteiger partial charge in [-0.2, -0.15) is 0 Å². The highest BCUT2D eigenvalue weighted by atomic mass is 35.5. The number of halogens is 1. The summed E-state index contributed by atoms with van der Waals surface area (Å²) in [5, 5.41) is 6.40. The Hall–Kier alpha value is -2.51. The molecule has 1 heterocycles. The molecule has 6 nitrogen and oxygen atoms in total. The normalized spacial score (nSPS) is 10.9. The Morgan fingerprint density at radius 1 is 1.11 bits per heavy atom. The van der Waals surface area contributed by atoms with Gasteiger partial charge in [-0.15, -0.1) is 0 Å². The smallest absolute Gasteiger partial charge is 0.257 e. The maximum atomic E-state index is 12.2. The summed E-state index contributed by atoms with van der Waals surface area (Å²) in [5.41, 5.74) is 5.14. The van der Waals surface area contributed by atoms with Crippen LogP contribution in [0.25, 0.3) is 11.1 Å². The van der Waals surface area contributed by atoms with Crippen LogP contribution in [0, 0.1) is 20.8 Å². The zero-order valence-corrected chi connectivity index (χ0v) is 17.3. The molecule has 0 unspecified atom stereocenters. The van der Waals surface area contributed by atoms with E-state index in [1.807, 2.05) is 32.9 Å². The molecule has 0 bridgehead atoms. The fourth-order valence-electron chi connectivity index (χ4n) is 2.86. The minimum Gasteiger partial charge on any atom is -0.431 e. The number of anilines is 1. The Bertz CT molecular complexity index is 1030. The van der Waals surface area contributed by atoms with Crippen LogP contribution in [0.3, 0.4) is 0 Å². The number of hydrogen-bond donors (Lipinski definition) is 2. The first kappa shape index (κ1) is 20.2. The number of carbonyl (C=O) groups is 2. The Morgan fingerprint density at radius 3 is 2.54 bits per heavy atom. The maximum Gasteiger partial charge on any atom is 0.257 e. The molecule has 0 aliphatic carbocycles. The van der Waals surface area contributed by atoms with Crippen LogP contribution in [0.2, 0.25) is 5.02 Å². The third-order valence-electron chi connectivity index (χ3n) is 4.04. The minimum absolute atomic E-state index is 0.0937. The van der Waals surface area contributed by atoms with E-state index >= 15 is 0 Å². The first-order valence-corrected chi connectivity index (χ1v) is 10.0. The van der Waals surface area contributed by atoms with Crippen molar-refractivity contribution in [2.24, 2.45) is 0 Å². The Kier molecular flexibility index (Phi) is 6.26. The van der Waals surface area contributed by atoms with Crippen LogP contribution in [0.4, 0.5) is 5.69 Å². The van der Waals surface area contributed by atoms with Crippen molar-refractivity contribution < 1.29 is 14.0 Å². The van der Waals surface area contributed by atoms with Crippen molar-refractivity contribution in [2.45, 2.75) is 26.0 Å². The van der Waals surface area contributed by atoms with Gasteiger partial charge < -0.3 is 15.1 Å². The fourth-order valence-corrected chi connectivity index (χ4v) is 3.69. The molecule has 146 valence electrons. The third kappa shape index (κ3) is 5.05. The fraction of sp³-hybridized carbons (Fsp3) is 0.250. The first-order valence-electron chi connectivity index (χ1n) is 8.65. The number of nitrogens with one attached hydrogen (secondary N) is 2. The molecule has 1 aromatic heterocycles. The number of amides is 2. The van der Waals surface area contributed by atoms with E-state index < -0.39 is 0 Å².